The zero-order valence-corrected chi connectivity index (χ0v) is 10.9. The zero-order chi connectivity index (χ0) is 12.4. The van der Waals surface area contributed by atoms with E-state index in [9.17, 15) is 4.79 Å². The topological polar surface area (TPSA) is 38.3 Å². The summed E-state index contributed by atoms with van der Waals surface area (Å²) in [6.45, 7) is 1.70. The third-order valence-electron chi connectivity index (χ3n) is 2.49. The van der Waals surface area contributed by atoms with Crippen molar-refractivity contribution >= 4 is 29.1 Å². The van der Waals surface area contributed by atoms with Gasteiger partial charge in [-0.1, -0.05) is 23.2 Å². The number of carbonyl (C=O) groups is 1. The van der Waals surface area contributed by atoms with Gasteiger partial charge in [-0.25, -0.2) is 0 Å². The highest BCUT2D eigenvalue weighted by Crippen LogP contribution is 2.28. The van der Waals surface area contributed by atoms with E-state index in [4.69, 9.17) is 27.9 Å². The maximum absolute atomic E-state index is 11.7. The fourth-order valence-electron chi connectivity index (χ4n) is 1.36. The molecule has 1 saturated carbocycles. The fourth-order valence-corrected chi connectivity index (χ4v) is 1.81. The maximum atomic E-state index is 11.7. The van der Waals surface area contributed by atoms with Crippen molar-refractivity contribution in [3.63, 3.8) is 0 Å². The molecule has 17 heavy (non-hydrogen) atoms. The Morgan fingerprint density at radius 3 is 2.76 bits per heavy atom. The average molecular weight is 274 g/mol. The predicted octanol–water partition coefficient (Wildman–Crippen LogP) is 3.04. The van der Waals surface area contributed by atoms with Gasteiger partial charge < -0.3 is 10.1 Å². The average Bonchev–Trinajstić information content (AvgIpc) is 3.06. The Kier molecular flexibility index (Phi) is 3.79. The van der Waals surface area contributed by atoms with Gasteiger partial charge >= 0.3 is 0 Å². The van der Waals surface area contributed by atoms with Crippen molar-refractivity contribution in [1.29, 1.82) is 0 Å². The van der Waals surface area contributed by atoms with Crippen LogP contribution in [0.4, 0.5) is 0 Å². The smallest absolute Gasteiger partial charge is 0.260 e. The highest BCUT2D eigenvalue weighted by atomic mass is 35.5. The SMILES string of the molecule is CC(Oc1ccc(Cl)cc1Cl)C(=O)NC1CC1. The molecule has 1 amide bonds. The Morgan fingerprint density at radius 2 is 2.18 bits per heavy atom. The number of halogens is 2. The molecule has 1 aromatic rings. The first-order valence-corrected chi connectivity index (χ1v) is 6.24. The molecule has 1 fully saturated rings. The highest BCUT2D eigenvalue weighted by molar-refractivity contribution is 6.35. The van der Waals surface area contributed by atoms with Crippen molar-refractivity contribution in [3.05, 3.63) is 28.2 Å². The van der Waals surface area contributed by atoms with Gasteiger partial charge in [0.05, 0.1) is 5.02 Å². The van der Waals surface area contributed by atoms with E-state index in [2.05, 4.69) is 5.32 Å². The van der Waals surface area contributed by atoms with E-state index in [1.165, 1.54) is 0 Å². The molecular weight excluding hydrogens is 261 g/mol. The number of benzene rings is 1. The summed E-state index contributed by atoms with van der Waals surface area (Å²) in [4.78, 5) is 11.7. The second kappa shape index (κ2) is 5.15. The largest absolute Gasteiger partial charge is 0.479 e. The molecule has 0 spiro atoms. The molecule has 1 atom stereocenters. The van der Waals surface area contributed by atoms with Crippen molar-refractivity contribution in [3.8, 4) is 5.75 Å². The minimum absolute atomic E-state index is 0.112. The van der Waals surface area contributed by atoms with Gasteiger partial charge in [0, 0.05) is 11.1 Å². The van der Waals surface area contributed by atoms with Crippen molar-refractivity contribution < 1.29 is 9.53 Å². The molecule has 1 aliphatic carbocycles. The van der Waals surface area contributed by atoms with Crippen LogP contribution in [-0.4, -0.2) is 18.1 Å². The van der Waals surface area contributed by atoms with Gasteiger partial charge in [0.1, 0.15) is 5.75 Å². The lowest BCUT2D eigenvalue weighted by molar-refractivity contribution is -0.127. The molecule has 1 aliphatic rings. The van der Waals surface area contributed by atoms with Crippen LogP contribution in [0.5, 0.6) is 5.75 Å². The highest BCUT2D eigenvalue weighted by Gasteiger charge is 2.26. The quantitative estimate of drug-likeness (QED) is 0.916. The van der Waals surface area contributed by atoms with Crippen molar-refractivity contribution in [2.45, 2.75) is 31.9 Å². The van der Waals surface area contributed by atoms with Crippen LogP contribution in [0.1, 0.15) is 19.8 Å². The molecular formula is C12H13Cl2NO2. The van der Waals surface area contributed by atoms with Crippen LogP contribution in [0, 0.1) is 0 Å². The summed E-state index contributed by atoms with van der Waals surface area (Å²) >= 11 is 11.7. The van der Waals surface area contributed by atoms with E-state index in [0.717, 1.165) is 12.8 Å². The molecule has 0 radical (unpaired) electrons. The molecule has 0 aromatic heterocycles. The lowest BCUT2D eigenvalue weighted by atomic mass is 10.3. The molecule has 0 saturated heterocycles. The van der Waals surface area contributed by atoms with Gasteiger partial charge in [-0.05, 0) is 38.0 Å². The lowest BCUT2D eigenvalue weighted by Gasteiger charge is -2.15. The van der Waals surface area contributed by atoms with Crippen molar-refractivity contribution in [2.24, 2.45) is 0 Å². The van der Waals surface area contributed by atoms with Crippen LogP contribution in [-0.2, 0) is 4.79 Å². The summed E-state index contributed by atoms with van der Waals surface area (Å²) in [6, 6.07) is 5.25. The first kappa shape index (κ1) is 12.5. The third-order valence-corrected chi connectivity index (χ3v) is 3.02. The maximum Gasteiger partial charge on any atom is 0.260 e. The fraction of sp³-hybridized carbons (Fsp3) is 0.417. The van der Waals surface area contributed by atoms with Crippen molar-refractivity contribution in [2.75, 3.05) is 0 Å². The third kappa shape index (κ3) is 3.51. The van der Waals surface area contributed by atoms with Gasteiger partial charge in [-0.2, -0.15) is 0 Å². The summed E-state index contributed by atoms with van der Waals surface area (Å²) < 4.78 is 5.49. The van der Waals surface area contributed by atoms with Gasteiger partial charge in [-0.3, -0.25) is 4.79 Å². The van der Waals surface area contributed by atoms with Crippen LogP contribution in [0.3, 0.4) is 0 Å². The monoisotopic (exact) mass is 273 g/mol. The molecule has 1 N–H and O–H groups in total. The van der Waals surface area contributed by atoms with Gasteiger partial charge in [-0.15, -0.1) is 0 Å². The van der Waals surface area contributed by atoms with Crippen LogP contribution >= 0.6 is 23.2 Å². The summed E-state index contributed by atoms with van der Waals surface area (Å²) in [5.74, 6) is 0.355. The minimum Gasteiger partial charge on any atom is -0.479 e. The Bertz CT molecular complexity index is 433. The Labute approximate surface area is 110 Å². The Morgan fingerprint density at radius 1 is 1.47 bits per heavy atom. The van der Waals surface area contributed by atoms with E-state index >= 15 is 0 Å². The van der Waals surface area contributed by atoms with Crippen LogP contribution in [0.2, 0.25) is 10.0 Å². The molecule has 0 bridgehead atoms. The Hall–Kier alpha value is -0.930. The zero-order valence-electron chi connectivity index (χ0n) is 9.37. The number of carbonyl (C=O) groups excluding carboxylic acids is 1. The predicted molar refractivity (Wildman–Crippen MR) is 67.7 cm³/mol. The second-order valence-corrected chi connectivity index (χ2v) is 4.96. The minimum atomic E-state index is -0.561. The molecule has 0 heterocycles. The number of hydrogen-bond acceptors (Lipinski definition) is 2. The number of nitrogens with one attached hydrogen (secondary N) is 1. The molecule has 2 rings (SSSR count). The van der Waals surface area contributed by atoms with Crippen LogP contribution in [0.15, 0.2) is 18.2 Å². The molecule has 5 heteroatoms. The first-order valence-electron chi connectivity index (χ1n) is 5.48. The standard InChI is InChI=1S/C12H13Cl2NO2/c1-7(12(16)15-9-3-4-9)17-11-5-2-8(13)6-10(11)14/h2,5-7,9H,3-4H2,1H3,(H,15,16). The van der Waals surface area contributed by atoms with E-state index in [1.807, 2.05) is 0 Å². The summed E-state index contributed by atoms with van der Waals surface area (Å²) in [7, 11) is 0. The van der Waals surface area contributed by atoms with Crippen molar-refractivity contribution in [1.82, 2.24) is 5.32 Å². The van der Waals surface area contributed by atoms with Crippen LogP contribution in [0.25, 0.3) is 0 Å². The number of ether oxygens (including phenoxy) is 1. The van der Waals surface area contributed by atoms with Gasteiger partial charge in [0.2, 0.25) is 0 Å². The number of amides is 1. The van der Waals surface area contributed by atoms with E-state index in [0.29, 0.717) is 21.8 Å². The van der Waals surface area contributed by atoms with E-state index < -0.39 is 6.10 Å². The molecule has 3 nitrogen and oxygen atoms in total. The van der Waals surface area contributed by atoms with Gasteiger partial charge in [0.15, 0.2) is 6.10 Å². The number of hydrogen-bond donors (Lipinski definition) is 1. The van der Waals surface area contributed by atoms with Crippen LogP contribution < -0.4 is 10.1 Å². The Balaban J connectivity index is 1.96. The molecule has 1 aromatic carbocycles. The summed E-state index contributed by atoms with van der Waals surface area (Å²) in [6.07, 6.45) is 1.55. The first-order chi connectivity index (χ1) is 8.06. The molecule has 1 unspecified atom stereocenters. The number of rotatable bonds is 4. The normalized spacial score (nSPS) is 16.4. The lowest BCUT2D eigenvalue weighted by Crippen LogP contribution is -2.37. The van der Waals surface area contributed by atoms with E-state index in [1.54, 1.807) is 25.1 Å². The molecule has 92 valence electrons. The van der Waals surface area contributed by atoms with E-state index in [-0.39, 0.29) is 5.91 Å². The summed E-state index contributed by atoms with van der Waals surface area (Å²) in [5.41, 5.74) is 0. The van der Waals surface area contributed by atoms with Gasteiger partial charge in [0.25, 0.3) is 5.91 Å². The molecule has 0 aliphatic heterocycles. The summed E-state index contributed by atoms with van der Waals surface area (Å²) in [5, 5.41) is 3.82. The second-order valence-electron chi connectivity index (χ2n) is 4.12.